The Hall–Kier alpha value is -3.96. The van der Waals surface area contributed by atoms with Crippen molar-refractivity contribution in [1.82, 2.24) is 4.98 Å². The van der Waals surface area contributed by atoms with Gasteiger partial charge in [-0.25, -0.2) is 9.69 Å². The molecule has 4 rings (SSSR count). The number of carbonyl (C=O) groups excluding carboxylic acids is 3. The van der Waals surface area contributed by atoms with Crippen molar-refractivity contribution in [2.24, 2.45) is 5.73 Å². The lowest BCUT2D eigenvalue weighted by molar-refractivity contribution is -0.0493. The van der Waals surface area contributed by atoms with E-state index in [9.17, 15) is 23.2 Å². The molecule has 0 aliphatic rings. The summed E-state index contributed by atoms with van der Waals surface area (Å²) in [6, 6.07) is 6.31. The van der Waals surface area contributed by atoms with Crippen LogP contribution in [0.25, 0.3) is 21.9 Å². The minimum Gasteiger partial charge on any atom is -0.452 e. The molecule has 0 saturated heterocycles. The Morgan fingerprint density at radius 1 is 1.14 bits per heavy atom. The molecule has 0 aliphatic heterocycles. The lowest BCUT2D eigenvalue weighted by Gasteiger charge is -2.22. The molecular weight excluding hydrogens is 523 g/mol. The van der Waals surface area contributed by atoms with E-state index in [1.165, 1.54) is 36.7 Å². The minimum absolute atomic E-state index is 0.0490. The number of hydrogen-bond donors (Lipinski definition) is 1. The number of ether oxygens (including phenoxy) is 2. The van der Waals surface area contributed by atoms with Gasteiger partial charge in [-0.15, -0.1) is 0 Å². The average molecular weight is 538 g/mol. The Bertz CT molecular complexity index is 1500. The number of halogens is 4. The fraction of sp³-hybridized carbons (Fsp3) is 0.130. The van der Waals surface area contributed by atoms with Crippen LogP contribution in [-0.2, 0) is 4.74 Å². The summed E-state index contributed by atoms with van der Waals surface area (Å²) >= 11 is 12.4. The highest BCUT2D eigenvalue weighted by Crippen LogP contribution is 2.39. The number of imide groups is 1. The molecule has 13 heteroatoms. The number of alkyl halides is 2. The number of nitrogens with zero attached hydrogens (tertiary/aromatic N) is 2. The van der Waals surface area contributed by atoms with E-state index in [1.807, 2.05) is 0 Å². The zero-order valence-corrected chi connectivity index (χ0v) is 19.8. The van der Waals surface area contributed by atoms with Gasteiger partial charge < -0.3 is 19.6 Å². The van der Waals surface area contributed by atoms with Crippen molar-refractivity contribution in [1.29, 1.82) is 0 Å². The van der Waals surface area contributed by atoms with Gasteiger partial charge in [-0.3, -0.25) is 14.6 Å². The summed E-state index contributed by atoms with van der Waals surface area (Å²) in [6.07, 6.45) is 1.33. The Labute approximate surface area is 211 Å². The molecule has 2 aromatic heterocycles. The molecule has 0 unspecified atom stereocenters. The van der Waals surface area contributed by atoms with E-state index in [0.717, 1.165) is 6.07 Å². The number of hydrogen-bond acceptors (Lipinski definition) is 7. The zero-order valence-electron chi connectivity index (χ0n) is 18.3. The van der Waals surface area contributed by atoms with Gasteiger partial charge >= 0.3 is 12.7 Å². The number of carbonyl (C=O) groups is 3. The maximum Gasteiger partial charge on any atom is 0.421 e. The highest BCUT2D eigenvalue weighted by molar-refractivity contribution is 6.41. The van der Waals surface area contributed by atoms with Crippen LogP contribution in [-0.4, -0.2) is 36.1 Å². The van der Waals surface area contributed by atoms with Crippen LogP contribution in [0.5, 0.6) is 5.75 Å². The minimum atomic E-state index is -3.16. The van der Waals surface area contributed by atoms with E-state index in [4.69, 9.17) is 38.1 Å². The Morgan fingerprint density at radius 2 is 1.83 bits per heavy atom. The third-order valence-corrected chi connectivity index (χ3v) is 5.57. The second kappa shape index (κ2) is 9.96. The zero-order chi connectivity index (χ0) is 26.1. The smallest absolute Gasteiger partial charge is 0.421 e. The van der Waals surface area contributed by atoms with Crippen LogP contribution in [0.4, 0.5) is 19.3 Å². The van der Waals surface area contributed by atoms with Crippen LogP contribution < -0.4 is 15.4 Å². The maximum atomic E-state index is 13.5. The van der Waals surface area contributed by atoms with E-state index in [2.05, 4.69) is 9.72 Å². The number of nitrogens with two attached hydrogens (primary N) is 1. The van der Waals surface area contributed by atoms with Gasteiger partial charge in [0.15, 0.2) is 11.3 Å². The fourth-order valence-corrected chi connectivity index (χ4v) is 4.13. The molecule has 0 saturated carbocycles. The van der Waals surface area contributed by atoms with Crippen LogP contribution in [0.2, 0.25) is 10.0 Å². The molecule has 3 amide bonds. The highest BCUT2D eigenvalue weighted by Gasteiger charge is 2.31. The van der Waals surface area contributed by atoms with Gasteiger partial charge in [0, 0.05) is 28.7 Å². The van der Waals surface area contributed by atoms with Crippen LogP contribution in [0.1, 0.15) is 27.6 Å². The van der Waals surface area contributed by atoms with Crippen LogP contribution in [0.3, 0.4) is 0 Å². The van der Waals surface area contributed by atoms with Crippen molar-refractivity contribution >= 4 is 68.7 Å². The Morgan fingerprint density at radius 3 is 2.44 bits per heavy atom. The molecule has 2 heterocycles. The molecule has 2 aromatic carbocycles. The summed E-state index contributed by atoms with van der Waals surface area (Å²) in [5.41, 5.74) is 5.15. The molecule has 2 N–H and O–H groups in total. The quantitative estimate of drug-likeness (QED) is 0.329. The van der Waals surface area contributed by atoms with Gasteiger partial charge in [0.25, 0.3) is 5.91 Å². The molecule has 36 heavy (non-hydrogen) atoms. The summed E-state index contributed by atoms with van der Waals surface area (Å²) in [5.74, 6) is -2.09. The van der Waals surface area contributed by atoms with Crippen molar-refractivity contribution in [2.45, 2.75) is 13.5 Å². The number of amides is 3. The molecule has 0 fully saturated rings. The predicted octanol–water partition coefficient (Wildman–Crippen LogP) is 5.79. The van der Waals surface area contributed by atoms with E-state index in [-0.39, 0.29) is 61.2 Å². The van der Waals surface area contributed by atoms with Crippen molar-refractivity contribution in [2.75, 3.05) is 11.5 Å². The number of fused-ring (bicyclic) bond motifs is 3. The number of anilines is 1. The van der Waals surface area contributed by atoms with Crippen LogP contribution in [0, 0.1) is 0 Å². The van der Waals surface area contributed by atoms with Gasteiger partial charge in [0.2, 0.25) is 5.91 Å². The normalized spacial score (nSPS) is 11.2. The van der Waals surface area contributed by atoms with E-state index >= 15 is 0 Å². The number of rotatable bonds is 6. The molecule has 0 bridgehead atoms. The lowest BCUT2D eigenvalue weighted by atomic mass is 10.0. The first-order chi connectivity index (χ1) is 17.1. The molecule has 0 spiro atoms. The third-order valence-electron chi connectivity index (χ3n) is 5.02. The van der Waals surface area contributed by atoms with Crippen molar-refractivity contribution in [3.05, 3.63) is 63.9 Å². The van der Waals surface area contributed by atoms with Crippen molar-refractivity contribution in [3.63, 3.8) is 0 Å². The highest BCUT2D eigenvalue weighted by atomic mass is 35.5. The Kier molecular flexibility index (Phi) is 6.95. The molecule has 0 radical (unpaired) electrons. The van der Waals surface area contributed by atoms with Gasteiger partial charge in [-0.1, -0.05) is 23.2 Å². The van der Waals surface area contributed by atoms with E-state index in [1.54, 1.807) is 6.92 Å². The molecule has 0 atom stereocenters. The molecule has 186 valence electrons. The first-order valence-corrected chi connectivity index (χ1v) is 10.9. The molecule has 0 aliphatic carbocycles. The lowest BCUT2D eigenvalue weighted by Crippen LogP contribution is -2.38. The third kappa shape index (κ3) is 4.50. The standard InChI is InChI=1S/C23H15Cl2F2N3O6/c1-2-34-23(33)30(18-13(24)8-29-9-14(18)25)21(32)10-3-5-15-12(7-10)17-11(20(28)31)4-6-16(19(17)35-15)36-22(26)27/h3-9,22H,2H2,1H3,(H2,28,31). The molecule has 9 nitrogen and oxygen atoms in total. The maximum absolute atomic E-state index is 13.5. The fourth-order valence-electron chi connectivity index (χ4n) is 3.59. The average Bonchev–Trinajstić information content (AvgIpc) is 3.20. The largest absolute Gasteiger partial charge is 0.452 e. The van der Waals surface area contributed by atoms with Crippen LogP contribution >= 0.6 is 23.2 Å². The summed E-state index contributed by atoms with van der Waals surface area (Å²) in [4.78, 5) is 42.8. The molecular formula is C23H15Cl2F2N3O6. The second-order valence-corrected chi connectivity index (χ2v) is 7.98. The Balaban J connectivity index is 1.93. The van der Waals surface area contributed by atoms with Crippen molar-refractivity contribution in [3.8, 4) is 5.75 Å². The van der Waals surface area contributed by atoms with Gasteiger partial charge in [-0.05, 0) is 37.3 Å². The van der Waals surface area contributed by atoms with Gasteiger partial charge in [-0.2, -0.15) is 8.78 Å². The summed E-state index contributed by atoms with van der Waals surface area (Å²) in [5, 5.41) is 0.0418. The topological polar surface area (TPSA) is 125 Å². The monoisotopic (exact) mass is 537 g/mol. The number of furan rings is 1. The second-order valence-electron chi connectivity index (χ2n) is 7.16. The van der Waals surface area contributed by atoms with E-state index < -0.39 is 24.5 Å². The van der Waals surface area contributed by atoms with Crippen molar-refractivity contribution < 1.29 is 37.1 Å². The van der Waals surface area contributed by atoms with Gasteiger partial charge in [0.1, 0.15) is 5.58 Å². The van der Waals surface area contributed by atoms with E-state index in [0.29, 0.717) is 4.90 Å². The number of pyridine rings is 1. The number of aromatic nitrogens is 1. The first-order valence-electron chi connectivity index (χ1n) is 10.2. The summed E-state index contributed by atoms with van der Waals surface area (Å²) in [6.45, 7) is -1.67. The predicted molar refractivity (Wildman–Crippen MR) is 127 cm³/mol. The molecule has 4 aromatic rings. The number of benzene rings is 2. The summed E-state index contributed by atoms with van der Waals surface area (Å²) in [7, 11) is 0. The summed E-state index contributed by atoms with van der Waals surface area (Å²) < 4.78 is 41.0. The first kappa shape index (κ1) is 25.1. The van der Waals surface area contributed by atoms with Gasteiger partial charge in [0.05, 0.1) is 27.9 Å². The number of primary amides is 1. The SMILES string of the molecule is CCOC(=O)N(C(=O)c1ccc2oc3c(OC(F)F)ccc(C(N)=O)c3c2c1)c1c(Cl)cncc1Cl. The van der Waals surface area contributed by atoms with Crippen LogP contribution in [0.15, 0.2) is 47.1 Å².